The van der Waals surface area contributed by atoms with E-state index in [1.165, 1.54) is 11.1 Å². The summed E-state index contributed by atoms with van der Waals surface area (Å²) in [4.78, 5) is 16.8. The fourth-order valence-electron chi connectivity index (χ4n) is 4.90. The van der Waals surface area contributed by atoms with Gasteiger partial charge in [0.2, 0.25) is 0 Å². The summed E-state index contributed by atoms with van der Waals surface area (Å²) in [6.07, 6.45) is 4.57. The van der Waals surface area contributed by atoms with Crippen molar-refractivity contribution in [1.82, 2.24) is 19.6 Å². The van der Waals surface area contributed by atoms with Crippen molar-refractivity contribution in [3.63, 3.8) is 0 Å². The smallest absolute Gasteiger partial charge is 0.257 e. The number of likely N-dealkylation sites (tertiary alicyclic amines) is 1. The Morgan fingerprint density at radius 3 is 2.63 bits per heavy atom. The Labute approximate surface area is 160 Å². The molecule has 1 fully saturated rings. The molecule has 2 aromatic rings. The quantitative estimate of drug-likeness (QED) is 0.901. The number of likely N-dealkylation sites (N-methyl/N-ethyl adjacent to an activating group) is 1. The van der Waals surface area contributed by atoms with Gasteiger partial charge in [-0.2, -0.15) is 5.10 Å². The number of hydrogen-bond donors (Lipinski definition) is 1. The number of piperidine rings is 1. The second kappa shape index (κ2) is 6.77. The maximum Gasteiger partial charge on any atom is 0.257 e. The minimum atomic E-state index is -0.454. The highest BCUT2D eigenvalue weighted by atomic mass is 16.3. The van der Waals surface area contributed by atoms with Crippen molar-refractivity contribution in [1.29, 1.82) is 0 Å². The lowest BCUT2D eigenvalue weighted by Gasteiger charge is -2.43. The van der Waals surface area contributed by atoms with E-state index in [4.69, 9.17) is 0 Å². The topological polar surface area (TPSA) is 61.6 Å². The maximum absolute atomic E-state index is 12.8. The fraction of sp³-hybridized carbons (Fsp3) is 0.524. The number of benzene rings is 1. The van der Waals surface area contributed by atoms with E-state index in [1.807, 2.05) is 38.2 Å². The van der Waals surface area contributed by atoms with Crippen molar-refractivity contribution in [2.24, 2.45) is 0 Å². The van der Waals surface area contributed by atoms with Crippen LogP contribution in [-0.4, -0.2) is 63.9 Å². The molecular formula is C21H28N4O2. The summed E-state index contributed by atoms with van der Waals surface area (Å²) in [5, 5.41) is 15.5. The molecule has 1 amide bonds. The van der Waals surface area contributed by atoms with E-state index in [0.29, 0.717) is 18.7 Å². The number of aliphatic hydroxyl groups is 1. The van der Waals surface area contributed by atoms with Gasteiger partial charge in [0, 0.05) is 31.2 Å². The van der Waals surface area contributed by atoms with Crippen LogP contribution in [0.3, 0.4) is 0 Å². The summed E-state index contributed by atoms with van der Waals surface area (Å²) >= 11 is 0. The molecule has 6 heteroatoms. The summed E-state index contributed by atoms with van der Waals surface area (Å²) in [5.74, 6) is 0.0366. The zero-order chi connectivity index (χ0) is 19.2. The van der Waals surface area contributed by atoms with Crippen LogP contribution < -0.4 is 0 Å². The lowest BCUT2D eigenvalue weighted by atomic mass is 9.72. The second-order valence-corrected chi connectivity index (χ2v) is 7.97. The van der Waals surface area contributed by atoms with E-state index in [0.717, 1.165) is 19.4 Å². The van der Waals surface area contributed by atoms with E-state index < -0.39 is 6.10 Å². The van der Waals surface area contributed by atoms with E-state index in [2.05, 4.69) is 28.2 Å². The molecule has 27 heavy (non-hydrogen) atoms. The zero-order valence-corrected chi connectivity index (χ0v) is 16.3. The normalized spacial score (nSPS) is 23.8. The van der Waals surface area contributed by atoms with Crippen LogP contribution in [0.5, 0.6) is 0 Å². The number of carbonyl (C=O) groups is 1. The summed E-state index contributed by atoms with van der Waals surface area (Å²) in [7, 11) is 4.04. The molecule has 0 bridgehead atoms. The first-order valence-electron chi connectivity index (χ1n) is 9.73. The van der Waals surface area contributed by atoms with Crippen molar-refractivity contribution in [3.05, 3.63) is 53.3 Å². The largest absolute Gasteiger partial charge is 0.390 e. The monoisotopic (exact) mass is 368 g/mol. The van der Waals surface area contributed by atoms with E-state index >= 15 is 0 Å². The molecule has 1 aromatic carbocycles. The molecule has 2 aliphatic rings. The Morgan fingerprint density at radius 1 is 1.30 bits per heavy atom. The first-order valence-corrected chi connectivity index (χ1v) is 9.73. The predicted molar refractivity (Wildman–Crippen MR) is 104 cm³/mol. The predicted octanol–water partition coefficient (Wildman–Crippen LogP) is 2.05. The standard InChI is InChI=1S/C21H28N4O2/c1-4-25-14-15(13-22-25)20(27)24-11-9-21(10-12-24)17-8-6-5-7-16(17)18(19(21)26)23(2)3/h5-8,13-14,18-19,26H,4,9-12H2,1-3H3/t18-,19+/m1/s1. The molecule has 2 heterocycles. The second-order valence-electron chi connectivity index (χ2n) is 7.97. The van der Waals surface area contributed by atoms with Crippen LogP contribution >= 0.6 is 0 Å². The number of fused-ring (bicyclic) bond motifs is 2. The number of aliphatic hydroxyl groups excluding tert-OH is 1. The van der Waals surface area contributed by atoms with Crippen molar-refractivity contribution < 1.29 is 9.90 Å². The highest BCUT2D eigenvalue weighted by Gasteiger charge is 2.53. The van der Waals surface area contributed by atoms with Crippen molar-refractivity contribution in [3.8, 4) is 0 Å². The third-order valence-corrected chi connectivity index (χ3v) is 6.38. The van der Waals surface area contributed by atoms with Gasteiger partial charge in [0.25, 0.3) is 5.91 Å². The van der Waals surface area contributed by atoms with Crippen LogP contribution in [0.1, 0.15) is 47.3 Å². The summed E-state index contributed by atoms with van der Waals surface area (Å²) in [6, 6.07) is 8.40. The van der Waals surface area contributed by atoms with Crippen molar-refractivity contribution >= 4 is 5.91 Å². The van der Waals surface area contributed by atoms with Gasteiger partial charge in [-0.1, -0.05) is 24.3 Å². The summed E-state index contributed by atoms with van der Waals surface area (Å²) in [5.41, 5.74) is 2.85. The molecule has 144 valence electrons. The van der Waals surface area contributed by atoms with Crippen LogP contribution in [0.25, 0.3) is 0 Å². The van der Waals surface area contributed by atoms with Crippen molar-refractivity contribution in [2.45, 2.75) is 43.9 Å². The number of hydrogen-bond acceptors (Lipinski definition) is 4. The summed E-state index contributed by atoms with van der Waals surface area (Å²) < 4.78 is 1.78. The SMILES string of the molecule is CCn1cc(C(=O)N2CCC3(CC2)c2ccccc2[C@@H](N(C)C)[C@@H]3O)cn1. The first kappa shape index (κ1) is 18.2. The highest BCUT2D eigenvalue weighted by Crippen LogP contribution is 2.52. The van der Waals surface area contributed by atoms with Crippen LogP contribution in [0.4, 0.5) is 0 Å². The lowest BCUT2D eigenvalue weighted by molar-refractivity contribution is -0.00144. The van der Waals surface area contributed by atoms with Crippen molar-refractivity contribution in [2.75, 3.05) is 27.2 Å². The molecule has 1 spiro atoms. The molecule has 2 atom stereocenters. The Hall–Kier alpha value is -2.18. The Balaban J connectivity index is 1.57. The van der Waals surface area contributed by atoms with E-state index in [-0.39, 0.29) is 17.4 Å². The lowest BCUT2D eigenvalue weighted by Crippen LogP contribution is -2.50. The number of carbonyl (C=O) groups excluding carboxylic acids is 1. The third-order valence-electron chi connectivity index (χ3n) is 6.38. The van der Waals surface area contributed by atoms with Gasteiger partial charge >= 0.3 is 0 Å². The number of nitrogens with zero attached hydrogens (tertiary/aromatic N) is 4. The molecule has 6 nitrogen and oxygen atoms in total. The van der Waals surface area contributed by atoms with Crippen LogP contribution in [-0.2, 0) is 12.0 Å². The van der Waals surface area contributed by atoms with Gasteiger partial charge in [-0.3, -0.25) is 9.48 Å². The maximum atomic E-state index is 12.8. The van der Waals surface area contributed by atoms with E-state index in [1.54, 1.807) is 10.9 Å². The summed E-state index contributed by atoms with van der Waals surface area (Å²) in [6.45, 7) is 4.07. The number of aryl methyl sites for hydroxylation is 1. The first-order chi connectivity index (χ1) is 13.0. The van der Waals surface area contributed by atoms with Gasteiger partial charge in [0.1, 0.15) is 0 Å². The highest BCUT2D eigenvalue weighted by molar-refractivity contribution is 5.93. The molecule has 4 rings (SSSR count). The fourth-order valence-corrected chi connectivity index (χ4v) is 4.90. The van der Waals surface area contributed by atoms with E-state index in [9.17, 15) is 9.90 Å². The van der Waals surface area contributed by atoms with Crippen LogP contribution in [0.2, 0.25) is 0 Å². The molecule has 0 unspecified atom stereocenters. The molecular weight excluding hydrogens is 340 g/mol. The van der Waals surface area contributed by atoms with Crippen LogP contribution in [0, 0.1) is 0 Å². The van der Waals surface area contributed by atoms with Crippen LogP contribution in [0.15, 0.2) is 36.7 Å². The molecule has 1 aliphatic carbocycles. The van der Waals surface area contributed by atoms with Gasteiger partial charge in [0.05, 0.1) is 23.9 Å². The minimum absolute atomic E-state index is 0.00578. The van der Waals surface area contributed by atoms with Gasteiger partial charge in [0.15, 0.2) is 0 Å². The average molecular weight is 368 g/mol. The molecule has 1 aliphatic heterocycles. The Morgan fingerprint density at radius 2 is 2.00 bits per heavy atom. The van der Waals surface area contributed by atoms with Gasteiger partial charge in [-0.15, -0.1) is 0 Å². The average Bonchev–Trinajstić information content (AvgIpc) is 3.25. The number of amides is 1. The minimum Gasteiger partial charge on any atom is -0.390 e. The Bertz CT molecular complexity index is 836. The number of rotatable bonds is 3. The number of aromatic nitrogens is 2. The molecule has 1 N–H and O–H groups in total. The molecule has 1 saturated heterocycles. The molecule has 0 radical (unpaired) electrons. The third kappa shape index (κ3) is 2.78. The zero-order valence-electron chi connectivity index (χ0n) is 16.3. The van der Waals surface area contributed by atoms with Gasteiger partial charge < -0.3 is 14.9 Å². The van der Waals surface area contributed by atoms with Gasteiger partial charge in [-0.05, 0) is 45.0 Å². The molecule has 1 aromatic heterocycles. The molecule has 0 saturated carbocycles. The Kier molecular flexibility index (Phi) is 4.56. The van der Waals surface area contributed by atoms with Gasteiger partial charge in [-0.25, -0.2) is 0 Å².